The molecule has 0 unspecified atom stereocenters. The molecule has 0 radical (unpaired) electrons. The van der Waals surface area contributed by atoms with Crippen LogP contribution in [-0.2, 0) is 12.8 Å². The lowest BCUT2D eigenvalue weighted by Crippen LogP contribution is -2.47. The number of likely N-dealkylation sites (N-methyl/N-ethyl adjacent to an activating group) is 2. The van der Waals surface area contributed by atoms with Crippen molar-refractivity contribution in [1.82, 2.24) is 49.7 Å². The third kappa shape index (κ3) is 12.9. The zero-order chi connectivity index (χ0) is 43.0. The van der Waals surface area contributed by atoms with Crippen LogP contribution in [0.15, 0.2) is 112 Å². The van der Waals surface area contributed by atoms with Crippen LogP contribution in [0.25, 0.3) is 28.2 Å². The Hall–Kier alpha value is -5.72. The molecule has 0 spiro atoms. The van der Waals surface area contributed by atoms with Crippen molar-refractivity contribution in [2.75, 3.05) is 89.5 Å². The van der Waals surface area contributed by atoms with Gasteiger partial charge < -0.3 is 34.8 Å². The van der Waals surface area contributed by atoms with Gasteiger partial charge in [-0.1, -0.05) is 40.2 Å². The van der Waals surface area contributed by atoms with Crippen LogP contribution in [0.3, 0.4) is 0 Å². The smallest absolute Gasteiger partial charge is 0.298 e. The van der Waals surface area contributed by atoms with Gasteiger partial charge in [-0.3, -0.25) is 14.2 Å². The van der Waals surface area contributed by atoms with Crippen molar-refractivity contribution in [2.24, 2.45) is 0 Å². The number of hydrogen-bond acceptors (Lipinski definition) is 14. The summed E-state index contributed by atoms with van der Waals surface area (Å²) in [5, 5.41) is 33.9. The normalized spacial score (nSPS) is 14.4. The van der Waals surface area contributed by atoms with Crippen LogP contribution in [0, 0.1) is 0 Å². The Labute approximate surface area is 363 Å². The number of aromatic nitrogens is 8. The molecule has 2 fully saturated rings. The lowest BCUT2D eigenvalue weighted by molar-refractivity contribution is 0.287. The average Bonchev–Trinajstić information content (AvgIpc) is 3.30. The second-order valence-corrected chi connectivity index (χ2v) is 15.7. The molecule has 0 atom stereocenters. The highest BCUT2D eigenvalue weighted by atomic mass is 79.9. The maximum atomic E-state index is 13.3. The van der Waals surface area contributed by atoms with E-state index < -0.39 is 0 Å². The molecule has 16 nitrogen and oxygen atoms in total. The molecule has 17 heteroatoms. The van der Waals surface area contributed by atoms with E-state index in [0.29, 0.717) is 37.3 Å². The summed E-state index contributed by atoms with van der Waals surface area (Å²) in [5.41, 5.74) is 5.85. The Morgan fingerprint density at radius 2 is 1.13 bits per heavy atom. The van der Waals surface area contributed by atoms with E-state index in [1.807, 2.05) is 77.7 Å². The number of aliphatic hydroxyl groups is 2. The predicted molar refractivity (Wildman–Crippen MR) is 241 cm³/mol. The minimum absolute atomic E-state index is 0.0947. The highest BCUT2D eigenvalue weighted by molar-refractivity contribution is 9.10. The van der Waals surface area contributed by atoms with E-state index >= 15 is 0 Å². The molecule has 2 aromatic carbocycles. The van der Waals surface area contributed by atoms with Crippen molar-refractivity contribution >= 4 is 27.6 Å². The third-order valence-electron chi connectivity index (χ3n) is 10.3. The Balaban J connectivity index is 0.000000170. The molecule has 0 bridgehead atoms. The number of rotatable bonds is 11. The van der Waals surface area contributed by atoms with E-state index in [0.717, 1.165) is 96.4 Å². The van der Waals surface area contributed by atoms with Gasteiger partial charge in [0.2, 0.25) is 0 Å². The van der Waals surface area contributed by atoms with Gasteiger partial charge in [0.15, 0.2) is 11.6 Å². The van der Waals surface area contributed by atoms with Crippen LogP contribution in [0.2, 0.25) is 0 Å². The molecule has 2 aliphatic rings. The van der Waals surface area contributed by atoms with Crippen LogP contribution in [0.1, 0.15) is 24.2 Å². The molecule has 4 aromatic heterocycles. The SMILES string of the molecule is Brc1ccc(-c2cccnn2)cc1.CN1CCN(c2nc(CCCO)c[nH]c2=O)CC1.CN1CCN(c2nc(CCCO)cn(-c3ccc(-c4cccnn4)cc3)c2=O)CC1. The van der Waals surface area contributed by atoms with Gasteiger partial charge in [0.05, 0.1) is 22.8 Å². The van der Waals surface area contributed by atoms with Gasteiger partial charge in [-0.05, 0) is 88.3 Å². The molecule has 8 rings (SSSR count). The van der Waals surface area contributed by atoms with E-state index in [1.165, 1.54) is 0 Å². The van der Waals surface area contributed by atoms with E-state index in [-0.39, 0.29) is 24.3 Å². The first-order valence-corrected chi connectivity index (χ1v) is 21.2. The van der Waals surface area contributed by atoms with Crippen molar-refractivity contribution in [3.8, 4) is 28.2 Å². The number of aliphatic hydroxyl groups excluding tert-OH is 2. The molecule has 3 N–H and O–H groups in total. The Bertz CT molecular complexity index is 2350. The molecule has 2 aliphatic heterocycles. The fraction of sp³-hybridized carbons (Fsp3) is 0.364. The van der Waals surface area contributed by atoms with Gasteiger partial charge in [0.25, 0.3) is 11.1 Å². The zero-order valence-corrected chi connectivity index (χ0v) is 36.2. The van der Waals surface area contributed by atoms with E-state index in [9.17, 15) is 14.7 Å². The summed E-state index contributed by atoms with van der Waals surface area (Å²) in [4.78, 5) is 45.5. The van der Waals surface area contributed by atoms with Gasteiger partial charge >= 0.3 is 0 Å². The number of nitrogens with one attached hydrogen (secondary N) is 1. The van der Waals surface area contributed by atoms with Gasteiger partial charge in [-0.25, -0.2) is 9.97 Å². The van der Waals surface area contributed by atoms with Gasteiger partial charge in [-0.15, -0.1) is 0 Å². The number of aryl methyl sites for hydroxylation is 2. The molecule has 61 heavy (non-hydrogen) atoms. The monoisotopic (exact) mass is 892 g/mol. The van der Waals surface area contributed by atoms with Crippen molar-refractivity contribution < 1.29 is 10.2 Å². The summed E-state index contributed by atoms with van der Waals surface area (Å²) in [6, 6.07) is 23.3. The van der Waals surface area contributed by atoms with Crippen molar-refractivity contribution in [1.29, 1.82) is 0 Å². The molecule has 0 amide bonds. The minimum Gasteiger partial charge on any atom is -0.396 e. The van der Waals surface area contributed by atoms with Crippen LogP contribution in [0.5, 0.6) is 0 Å². The quantitative estimate of drug-likeness (QED) is 0.171. The summed E-state index contributed by atoms with van der Waals surface area (Å²) in [5.74, 6) is 0.995. The third-order valence-corrected chi connectivity index (χ3v) is 10.8. The van der Waals surface area contributed by atoms with Gasteiger partial charge in [-0.2, -0.15) is 20.4 Å². The first kappa shape index (κ1) is 44.8. The van der Waals surface area contributed by atoms with Crippen LogP contribution in [-0.4, -0.2) is 140 Å². The van der Waals surface area contributed by atoms with Gasteiger partial charge in [0.1, 0.15) is 0 Å². The number of hydrogen-bond donors (Lipinski definition) is 3. The number of benzene rings is 2. The Morgan fingerprint density at radius 1 is 0.639 bits per heavy atom. The first-order valence-electron chi connectivity index (χ1n) is 20.4. The van der Waals surface area contributed by atoms with Crippen LogP contribution >= 0.6 is 15.9 Å². The number of piperazine rings is 2. The number of H-pyrrole nitrogens is 1. The lowest BCUT2D eigenvalue weighted by atomic mass is 10.1. The molecule has 0 aliphatic carbocycles. The average molecular weight is 894 g/mol. The maximum absolute atomic E-state index is 13.3. The number of nitrogens with zero attached hydrogens (tertiary/aromatic N) is 11. The molecule has 6 aromatic rings. The largest absolute Gasteiger partial charge is 0.396 e. The molecular formula is C44H53BrN12O4. The first-order chi connectivity index (χ1) is 29.7. The molecule has 320 valence electrons. The van der Waals surface area contributed by atoms with E-state index in [2.05, 4.69) is 80.1 Å². The summed E-state index contributed by atoms with van der Waals surface area (Å²) in [6.45, 7) is 7.13. The lowest BCUT2D eigenvalue weighted by Gasteiger charge is -2.33. The van der Waals surface area contributed by atoms with Gasteiger partial charge in [0, 0.05) is 112 Å². The van der Waals surface area contributed by atoms with E-state index in [4.69, 9.17) is 5.11 Å². The molecule has 0 saturated carbocycles. The fourth-order valence-corrected chi connectivity index (χ4v) is 6.97. The number of anilines is 2. The second-order valence-electron chi connectivity index (χ2n) is 14.8. The highest BCUT2D eigenvalue weighted by Crippen LogP contribution is 2.20. The Morgan fingerprint density at radius 3 is 1.64 bits per heavy atom. The van der Waals surface area contributed by atoms with Crippen molar-refractivity contribution in [2.45, 2.75) is 25.7 Å². The Kier molecular flexibility index (Phi) is 16.7. The van der Waals surface area contributed by atoms with Crippen LogP contribution in [0.4, 0.5) is 11.6 Å². The second kappa shape index (κ2) is 22.8. The van der Waals surface area contributed by atoms with Crippen molar-refractivity contribution in [3.63, 3.8) is 0 Å². The van der Waals surface area contributed by atoms with Crippen LogP contribution < -0.4 is 20.9 Å². The highest BCUT2D eigenvalue weighted by Gasteiger charge is 2.21. The zero-order valence-electron chi connectivity index (χ0n) is 34.6. The molecule has 6 heterocycles. The predicted octanol–water partition coefficient (Wildman–Crippen LogP) is 3.72. The fourth-order valence-electron chi connectivity index (χ4n) is 6.70. The number of aromatic amines is 1. The van der Waals surface area contributed by atoms with Crippen molar-refractivity contribution in [3.05, 3.63) is 134 Å². The summed E-state index contributed by atoms with van der Waals surface area (Å²) >= 11 is 3.38. The number of halogens is 1. The minimum atomic E-state index is -0.132. The molecule has 2 saturated heterocycles. The topological polar surface area (TPSA) is 186 Å². The summed E-state index contributed by atoms with van der Waals surface area (Å²) < 4.78 is 2.73. The standard InChI is InChI=1S/C22H26N6O2.C12H20N4O2.C10H7BrN2/c1-26-11-13-27(14-12-26)21-22(30)28(16-18(24-21)4-3-15-29)19-8-6-17(7-9-19)20-5-2-10-23-25-20;1-15-4-6-16(7-5-15)11-12(18)13-9-10(14-11)3-2-8-17;11-9-5-3-8(4-6-9)10-2-1-7-12-13-10/h2,5-10,16,29H,3-4,11-15H2,1H3;9,17H,2-8H2,1H3,(H,13,18);1-7H. The summed E-state index contributed by atoms with van der Waals surface area (Å²) in [7, 11) is 4.16. The molecular weight excluding hydrogens is 840 g/mol. The van der Waals surface area contributed by atoms with E-state index in [1.54, 1.807) is 29.4 Å². The maximum Gasteiger partial charge on any atom is 0.298 e. The summed E-state index contributed by atoms with van der Waals surface area (Å²) in [6.07, 6.45) is 9.32.